The molecule has 1 heterocycles. The fourth-order valence-electron chi connectivity index (χ4n) is 3.29. The van der Waals surface area contributed by atoms with Crippen molar-refractivity contribution in [1.82, 2.24) is 4.31 Å². The first-order chi connectivity index (χ1) is 15.0. The Morgan fingerprint density at radius 3 is 2.25 bits per heavy atom. The van der Waals surface area contributed by atoms with Gasteiger partial charge < -0.3 is 9.57 Å². The summed E-state index contributed by atoms with van der Waals surface area (Å²) in [7, 11) is -3.95. The second-order valence-electron chi connectivity index (χ2n) is 6.78. The highest BCUT2D eigenvalue weighted by molar-refractivity contribution is 7.89. The van der Waals surface area contributed by atoms with Crippen LogP contribution in [0.15, 0.2) is 52.9 Å². The largest absolute Gasteiger partial charge is 0.573 e. The molecule has 12 heteroatoms. The lowest BCUT2D eigenvalue weighted by Crippen LogP contribution is -2.36. The Kier molecular flexibility index (Phi) is 6.73. The average Bonchev–Trinajstić information content (AvgIpc) is 2.75. The number of benzene rings is 2. The van der Waals surface area contributed by atoms with Crippen molar-refractivity contribution in [2.75, 3.05) is 13.1 Å². The molecular formula is C20H17F4N3O4S. The molecule has 1 aliphatic rings. The molecule has 0 unspecified atom stereocenters. The number of ether oxygens (including phenoxy) is 1. The quantitative estimate of drug-likeness (QED) is 0.405. The van der Waals surface area contributed by atoms with Gasteiger partial charge in [0.05, 0.1) is 10.5 Å². The van der Waals surface area contributed by atoms with Crippen LogP contribution in [0.1, 0.15) is 24.0 Å². The smallest absolute Gasteiger partial charge is 0.411 e. The third-order valence-corrected chi connectivity index (χ3v) is 6.72. The van der Waals surface area contributed by atoms with Crippen molar-refractivity contribution < 1.29 is 35.6 Å². The Morgan fingerprint density at radius 2 is 1.72 bits per heavy atom. The molecule has 0 amide bonds. The van der Waals surface area contributed by atoms with E-state index in [1.165, 1.54) is 16.4 Å². The van der Waals surface area contributed by atoms with Gasteiger partial charge in [-0.25, -0.2) is 12.8 Å². The Bertz CT molecular complexity index is 1160. The second kappa shape index (κ2) is 9.15. The van der Waals surface area contributed by atoms with Crippen LogP contribution < -0.4 is 10.6 Å². The predicted molar refractivity (Wildman–Crippen MR) is 104 cm³/mol. The van der Waals surface area contributed by atoms with E-state index in [0.717, 1.165) is 30.3 Å². The van der Waals surface area contributed by atoms with Crippen molar-refractivity contribution in [1.29, 1.82) is 5.26 Å². The zero-order valence-electron chi connectivity index (χ0n) is 16.4. The molecule has 170 valence electrons. The summed E-state index contributed by atoms with van der Waals surface area (Å²) in [6, 6.07) is 9.46. The standard InChI is InChI=1S/C20H17F4N3O4S/c21-18-6-1-14(11-15(18)12-25)19(31-26)13-7-9-27(10-8-13)32(28,29)17-4-2-16(3-5-17)30-20(22,23)24/h1-6,11H,7-10,26H2. The second-order valence-corrected chi connectivity index (χ2v) is 8.72. The van der Waals surface area contributed by atoms with Crippen LogP contribution in [0, 0.1) is 17.1 Å². The maximum atomic E-state index is 13.6. The van der Waals surface area contributed by atoms with Crippen molar-refractivity contribution in [3.8, 4) is 11.8 Å². The molecule has 2 aromatic carbocycles. The van der Waals surface area contributed by atoms with Gasteiger partial charge in [-0.1, -0.05) is 0 Å². The molecule has 3 rings (SSSR count). The zero-order valence-corrected chi connectivity index (χ0v) is 17.2. The average molecular weight is 471 g/mol. The molecule has 0 atom stereocenters. The molecule has 32 heavy (non-hydrogen) atoms. The van der Waals surface area contributed by atoms with Gasteiger partial charge in [0.15, 0.2) is 5.76 Å². The van der Waals surface area contributed by atoms with E-state index in [4.69, 9.17) is 16.0 Å². The van der Waals surface area contributed by atoms with Crippen LogP contribution in [0.4, 0.5) is 17.6 Å². The van der Waals surface area contributed by atoms with Gasteiger partial charge in [0.1, 0.15) is 17.6 Å². The number of nitriles is 1. The minimum atomic E-state index is -4.88. The number of nitrogens with zero attached hydrogens (tertiary/aromatic N) is 2. The van der Waals surface area contributed by atoms with Crippen molar-refractivity contribution >= 4 is 15.8 Å². The van der Waals surface area contributed by atoms with Gasteiger partial charge in [-0.2, -0.15) is 15.5 Å². The summed E-state index contributed by atoms with van der Waals surface area (Å²) in [5.74, 6) is 4.39. The Morgan fingerprint density at radius 1 is 1.09 bits per heavy atom. The topological polar surface area (TPSA) is 106 Å². The van der Waals surface area contributed by atoms with E-state index in [0.29, 0.717) is 11.1 Å². The summed E-state index contributed by atoms with van der Waals surface area (Å²) in [6.45, 7) is 0.134. The van der Waals surface area contributed by atoms with Gasteiger partial charge in [-0.05, 0) is 60.9 Å². The maximum absolute atomic E-state index is 13.6. The van der Waals surface area contributed by atoms with E-state index >= 15 is 0 Å². The SMILES string of the molecule is N#Cc1cc(C(ON)=C2CCN(S(=O)(=O)c3ccc(OC(F)(F)F)cc3)CC2)ccc1F. The van der Waals surface area contributed by atoms with Crippen molar-refractivity contribution in [3.05, 3.63) is 65.0 Å². The molecular weight excluding hydrogens is 454 g/mol. The number of halogens is 4. The number of rotatable bonds is 5. The van der Waals surface area contributed by atoms with Gasteiger partial charge in [0.2, 0.25) is 10.0 Å². The molecule has 2 N–H and O–H groups in total. The third-order valence-electron chi connectivity index (χ3n) is 4.81. The minimum absolute atomic E-state index is 0.0671. The first-order valence-corrected chi connectivity index (χ1v) is 10.6. The molecule has 0 aromatic heterocycles. The maximum Gasteiger partial charge on any atom is 0.573 e. The zero-order chi connectivity index (χ0) is 23.5. The van der Waals surface area contributed by atoms with Crippen LogP contribution in [0.5, 0.6) is 5.75 Å². The molecule has 0 bridgehead atoms. The van der Waals surface area contributed by atoms with E-state index in [1.807, 2.05) is 0 Å². The van der Waals surface area contributed by atoms with E-state index in [9.17, 15) is 26.0 Å². The van der Waals surface area contributed by atoms with Gasteiger partial charge in [-0.15, -0.1) is 13.2 Å². The van der Waals surface area contributed by atoms with Gasteiger partial charge in [-0.3, -0.25) is 0 Å². The summed E-state index contributed by atoms with van der Waals surface area (Å²) >= 11 is 0. The molecule has 7 nitrogen and oxygen atoms in total. The van der Waals surface area contributed by atoms with E-state index in [-0.39, 0.29) is 42.1 Å². The highest BCUT2D eigenvalue weighted by atomic mass is 32.2. The number of sulfonamides is 1. The van der Waals surface area contributed by atoms with Crippen molar-refractivity contribution in [2.24, 2.45) is 5.90 Å². The van der Waals surface area contributed by atoms with Gasteiger partial charge in [0, 0.05) is 18.7 Å². The van der Waals surface area contributed by atoms with Crippen LogP contribution in [-0.2, 0) is 14.9 Å². The number of hydrogen-bond donors (Lipinski definition) is 1. The molecule has 0 saturated carbocycles. The van der Waals surface area contributed by atoms with Crippen molar-refractivity contribution in [3.63, 3.8) is 0 Å². The van der Waals surface area contributed by atoms with Crippen LogP contribution in [0.25, 0.3) is 5.76 Å². The minimum Gasteiger partial charge on any atom is -0.411 e. The molecule has 1 aliphatic heterocycles. The molecule has 0 aliphatic carbocycles. The van der Waals surface area contributed by atoms with Gasteiger partial charge >= 0.3 is 6.36 Å². The highest BCUT2D eigenvalue weighted by Gasteiger charge is 2.32. The Balaban J connectivity index is 1.77. The van der Waals surface area contributed by atoms with Crippen molar-refractivity contribution in [2.45, 2.75) is 24.1 Å². The summed E-state index contributed by atoms with van der Waals surface area (Å²) in [4.78, 5) is 4.77. The number of alkyl halides is 3. The molecule has 0 radical (unpaired) electrons. The fourth-order valence-corrected chi connectivity index (χ4v) is 4.74. The number of piperidine rings is 1. The lowest BCUT2D eigenvalue weighted by molar-refractivity contribution is -0.274. The van der Waals surface area contributed by atoms with E-state index < -0.39 is 28.0 Å². The highest BCUT2D eigenvalue weighted by Crippen LogP contribution is 2.31. The lowest BCUT2D eigenvalue weighted by Gasteiger charge is -2.28. The fraction of sp³-hybridized carbons (Fsp3) is 0.250. The van der Waals surface area contributed by atoms with Crippen LogP contribution >= 0.6 is 0 Å². The first-order valence-electron chi connectivity index (χ1n) is 9.20. The Hall–Kier alpha value is -3.14. The van der Waals surface area contributed by atoms with Gasteiger partial charge in [0.25, 0.3) is 0 Å². The third kappa shape index (κ3) is 5.18. The lowest BCUT2D eigenvalue weighted by atomic mass is 9.99. The molecule has 1 fully saturated rings. The summed E-state index contributed by atoms with van der Waals surface area (Å²) in [6.07, 6.45) is -4.38. The van der Waals surface area contributed by atoms with Crippen LogP contribution in [0.3, 0.4) is 0 Å². The predicted octanol–water partition coefficient (Wildman–Crippen LogP) is 3.68. The number of nitrogens with two attached hydrogens (primary N) is 1. The molecule has 0 spiro atoms. The molecule has 1 saturated heterocycles. The van der Waals surface area contributed by atoms with Crippen LogP contribution in [0.2, 0.25) is 0 Å². The van der Waals surface area contributed by atoms with Crippen LogP contribution in [-0.4, -0.2) is 32.2 Å². The molecule has 2 aromatic rings. The van der Waals surface area contributed by atoms with E-state index in [1.54, 1.807) is 6.07 Å². The summed E-state index contributed by atoms with van der Waals surface area (Å²) in [5, 5.41) is 9.00. The normalized spacial score (nSPS) is 15.2. The Labute approximate surface area is 181 Å². The monoisotopic (exact) mass is 471 g/mol. The van der Waals surface area contributed by atoms with E-state index in [2.05, 4.69) is 4.74 Å². The first kappa shape index (κ1) is 23.5. The summed E-state index contributed by atoms with van der Waals surface area (Å²) < 4.78 is 81.0. The number of hydrogen-bond acceptors (Lipinski definition) is 6. The summed E-state index contributed by atoms with van der Waals surface area (Å²) in [5.41, 5.74) is 0.885.